The second kappa shape index (κ2) is 5.63. The third-order valence-electron chi connectivity index (χ3n) is 4.41. The van der Waals surface area contributed by atoms with Crippen LogP contribution in [0.15, 0.2) is 24.3 Å². The molecule has 3 heteroatoms. The number of aliphatic hydroxyl groups excluding tert-OH is 1. The molecule has 0 aromatic heterocycles. The maximum Gasteiger partial charge on any atom is 0.0991 e. The minimum Gasteiger partial charge on any atom is -0.396 e. The predicted molar refractivity (Wildman–Crippen MR) is 77.0 cm³/mol. The lowest BCUT2D eigenvalue weighted by Crippen LogP contribution is -2.45. The van der Waals surface area contributed by atoms with Crippen LogP contribution in [0.3, 0.4) is 0 Å². The van der Waals surface area contributed by atoms with E-state index in [0.717, 1.165) is 25.9 Å². The van der Waals surface area contributed by atoms with Gasteiger partial charge in [0, 0.05) is 25.4 Å². The lowest BCUT2D eigenvalue weighted by atomic mass is 9.72. The summed E-state index contributed by atoms with van der Waals surface area (Å²) in [5, 5.41) is 18.0. The summed E-state index contributed by atoms with van der Waals surface area (Å²) < 4.78 is 0. The number of rotatable bonds is 3. The summed E-state index contributed by atoms with van der Waals surface area (Å²) in [5.74, 6) is 0.516. The average molecular weight is 258 g/mol. The van der Waals surface area contributed by atoms with Crippen molar-refractivity contribution in [3.05, 3.63) is 29.8 Å². The molecule has 0 radical (unpaired) electrons. The molecule has 1 aliphatic heterocycles. The fraction of sp³-hybridized carbons (Fsp3) is 0.562. The minimum atomic E-state index is 0.259. The van der Waals surface area contributed by atoms with E-state index < -0.39 is 0 Å². The van der Waals surface area contributed by atoms with Crippen LogP contribution < -0.4 is 4.90 Å². The van der Waals surface area contributed by atoms with Crippen LogP contribution in [0.25, 0.3) is 0 Å². The smallest absolute Gasteiger partial charge is 0.0991 e. The van der Waals surface area contributed by atoms with Crippen molar-refractivity contribution in [2.75, 3.05) is 24.6 Å². The summed E-state index contributed by atoms with van der Waals surface area (Å²) in [5.41, 5.74) is 2.18. The quantitative estimate of drug-likeness (QED) is 0.907. The summed E-state index contributed by atoms with van der Waals surface area (Å²) >= 11 is 0. The van der Waals surface area contributed by atoms with Crippen LogP contribution >= 0.6 is 0 Å². The first-order valence-electron chi connectivity index (χ1n) is 6.93. The predicted octanol–water partition coefficient (Wildman–Crippen LogP) is 2.79. The Morgan fingerprint density at radius 2 is 2.05 bits per heavy atom. The standard InChI is InChI=1S/C16H22N2O/c1-16(2)8-9-18(12-14(16)7-10-19)15-5-3-13(11-17)4-6-15/h3-6,14,19H,7-10,12H2,1-2H3. The highest BCUT2D eigenvalue weighted by Gasteiger charge is 2.34. The van der Waals surface area contributed by atoms with Gasteiger partial charge in [0.15, 0.2) is 0 Å². The number of aliphatic hydroxyl groups is 1. The van der Waals surface area contributed by atoms with Gasteiger partial charge in [0.05, 0.1) is 11.6 Å². The maximum absolute atomic E-state index is 9.22. The van der Waals surface area contributed by atoms with E-state index in [2.05, 4.69) is 24.8 Å². The Morgan fingerprint density at radius 3 is 2.63 bits per heavy atom. The summed E-state index contributed by atoms with van der Waals surface area (Å²) in [6.45, 7) is 6.88. The van der Waals surface area contributed by atoms with Crippen LogP contribution in [0.5, 0.6) is 0 Å². The van der Waals surface area contributed by atoms with Crippen molar-refractivity contribution in [1.29, 1.82) is 5.26 Å². The molecular weight excluding hydrogens is 236 g/mol. The highest BCUT2D eigenvalue weighted by Crippen LogP contribution is 2.38. The molecule has 1 fully saturated rings. The molecule has 102 valence electrons. The van der Waals surface area contributed by atoms with Gasteiger partial charge in [-0.2, -0.15) is 5.26 Å². The van der Waals surface area contributed by atoms with Gasteiger partial charge in [-0.15, -0.1) is 0 Å². The molecule has 1 atom stereocenters. The van der Waals surface area contributed by atoms with Gasteiger partial charge in [-0.3, -0.25) is 0 Å². The number of nitrogens with zero attached hydrogens (tertiary/aromatic N) is 2. The molecule has 3 nitrogen and oxygen atoms in total. The first-order valence-corrected chi connectivity index (χ1v) is 6.93. The molecule has 2 rings (SSSR count). The number of hydrogen-bond acceptors (Lipinski definition) is 3. The molecule has 1 N–H and O–H groups in total. The van der Waals surface area contributed by atoms with E-state index in [9.17, 15) is 5.11 Å². The fourth-order valence-corrected chi connectivity index (χ4v) is 2.85. The van der Waals surface area contributed by atoms with Crippen molar-refractivity contribution in [2.45, 2.75) is 26.7 Å². The van der Waals surface area contributed by atoms with Crippen molar-refractivity contribution in [3.63, 3.8) is 0 Å². The zero-order chi connectivity index (χ0) is 13.9. The number of piperidine rings is 1. The van der Waals surface area contributed by atoms with E-state index in [1.807, 2.05) is 24.3 Å². The Morgan fingerprint density at radius 1 is 1.37 bits per heavy atom. The Kier molecular flexibility index (Phi) is 4.11. The second-order valence-electron chi connectivity index (χ2n) is 6.05. The van der Waals surface area contributed by atoms with Gasteiger partial charge >= 0.3 is 0 Å². The zero-order valence-corrected chi connectivity index (χ0v) is 11.8. The highest BCUT2D eigenvalue weighted by molar-refractivity contribution is 5.50. The summed E-state index contributed by atoms with van der Waals surface area (Å²) in [7, 11) is 0. The molecule has 1 saturated heterocycles. The number of nitriles is 1. The van der Waals surface area contributed by atoms with E-state index in [0.29, 0.717) is 16.9 Å². The van der Waals surface area contributed by atoms with E-state index >= 15 is 0 Å². The van der Waals surface area contributed by atoms with Gasteiger partial charge in [0.25, 0.3) is 0 Å². The van der Waals surface area contributed by atoms with Gasteiger partial charge in [-0.25, -0.2) is 0 Å². The minimum absolute atomic E-state index is 0.259. The molecule has 0 spiro atoms. The van der Waals surface area contributed by atoms with Crippen molar-refractivity contribution < 1.29 is 5.11 Å². The summed E-state index contributed by atoms with van der Waals surface area (Å²) in [6.07, 6.45) is 2.00. The van der Waals surface area contributed by atoms with Crippen molar-refractivity contribution in [3.8, 4) is 6.07 Å². The molecule has 1 aromatic rings. The third kappa shape index (κ3) is 3.08. The van der Waals surface area contributed by atoms with Gasteiger partial charge in [-0.1, -0.05) is 13.8 Å². The first-order chi connectivity index (χ1) is 9.06. The van der Waals surface area contributed by atoms with E-state index in [1.165, 1.54) is 5.69 Å². The molecule has 1 unspecified atom stereocenters. The molecular formula is C16H22N2O. The average Bonchev–Trinajstić information content (AvgIpc) is 2.41. The molecule has 1 heterocycles. The first kappa shape index (κ1) is 13.9. The van der Waals surface area contributed by atoms with Crippen LogP contribution in [0.2, 0.25) is 0 Å². The summed E-state index contributed by atoms with van der Waals surface area (Å²) in [4.78, 5) is 2.37. The van der Waals surface area contributed by atoms with Crippen molar-refractivity contribution in [2.24, 2.45) is 11.3 Å². The molecule has 1 aromatic carbocycles. The lowest BCUT2D eigenvalue weighted by Gasteiger charge is -2.45. The van der Waals surface area contributed by atoms with E-state index in [1.54, 1.807) is 0 Å². The van der Waals surface area contributed by atoms with Crippen LogP contribution in [0, 0.1) is 22.7 Å². The van der Waals surface area contributed by atoms with Crippen LogP contribution in [0.1, 0.15) is 32.3 Å². The number of anilines is 1. The Labute approximate surface area is 115 Å². The van der Waals surface area contributed by atoms with E-state index in [4.69, 9.17) is 5.26 Å². The molecule has 0 saturated carbocycles. The second-order valence-corrected chi connectivity index (χ2v) is 6.05. The topological polar surface area (TPSA) is 47.3 Å². The van der Waals surface area contributed by atoms with Crippen molar-refractivity contribution in [1.82, 2.24) is 0 Å². The molecule has 0 amide bonds. The number of benzene rings is 1. The largest absolute Gasteiger partial charge is 0.396 e. The SMILES string of the molecule is CC1(C)CCN(c2ccc(C#N)cc2)CC1CCO. The van der Waals surface area contributed by atoms with Gasteiger partial charge in [0.1, 0.15) is 0 Å². The van der Waals surface area contributed by atoms with Crippen molar-refractivity contribution >= 4 is 5.69 Å². The van der Waals surface area contributed by atoms with Gasteiger partial charge in [0.2, 0.25) is 0 Å². The third-order valence-corrected chi connectivity index (χ3v) is 4.41. The van der Waals surface area contributed by atoms with Gasteiger partial charge < -0.3 is 10.0 Å². The normalized spacial score (nSPS) is 22.0. The van der Waals surface area contributed by atoms with Crippen LogP contribution in [-0.2, 0) is 0 Å². The molecule has 1 aliphatic rings. The summed E-state index contributed by atoms with van der Waals surface area (Å²) in [6, 6.07) is 9.93. The van der Waals surface area contributed by atoms with Crippen LogP contribution in [-0.4, -0.2) is 24.8 Å². The molecule has 19 heavy (non-hydrogen) atoms. The van der Waals surface area contributed by atoms with E-state index in [-0.39, 0.29) is 6.61 Å². The fourth-order valence-electron chi connectivity index (χ4n) is 2.85. The lowest BCUT2D eigenvalue weighted by molar-refractivity contribution is 0.132. The Bertz CT molecular complexity index is 459. The van der Waals surface area contributed by atoms with Crippen LogP contribution in [0.4, 0.5) is 5.69 Å². The molecule has 0 aliphatic carbocycles. The Balaban J connectivity index is 2.11. The number of hydrogen-bond donors (Lipinski definition) is 1. The van der Waals surface area contributed by atoms with Gasteiger partial charge in [-0.05, 0) is 48.4 Å². The Hall–Kier alpha value is -1.53. The maximum atomic E-state index is 9.22. The monoisotopic (exact) mass is 258 g/mol. The highest BCUT2D eigenvalue weighted by atomic mass is 16.3. The zero-order valence-electron chi connectivity index (χ0n) is 11.8. The molecule has 0 bridgehead atoms.